The summed E-state index contributed by atoms with van der Waals surface area (Å²) in [5, 5.41) is 8.96. The van der Waals surface area contributed by atoms with E-state index in [2.05, 4.69) is 0 Å². The largest absolute Gasteiger partial charge is 0.480 e. The first-order valence-electron chi connectivity index (χ1n) is 7.08. The Hall–Kier alpha value is -1.87. The van der Waals surface area contributed by atoms with Crippen molar-refractivity contribution in [2.45, 2.75) is 38.1 Å². The molecule has 0 aliphatic rings. The number of hydrogen-bond donors (Lipinski definition) is 1. The second-order valence-electron chi connectivity index (χ2n) is 5.40. The van der Waals surface area contributed by atoms with Crippen LogP contribution in [0, 0.1) is 6.92 Å². The van der Waals surface area contributed by atoms with E-state index >= 15 is 0 Å². The zero-order valence-electron chi connectivity index (χ0n) is 13.9. The summed E-state index contributed by atoms with van der Waals surface area (Å²) in [5.41, 5.74) is 0. The molecule has 0 bridgehead atoms. The van der Waals surface area contributed by atoms with Crippen molar-refractivity contribution in [3.8, 4) is 0 Å². The summed E-state index contributed by atoms with van der Waals surface area (Å²) in [4.78, 5) is 24.5. The van der Waals surface area contributed by atoms with Crippen molar-refractivity contribution < 1.29 is 27.5 Å². The summed E-state index contributed by atoms with van der Waals surface area (Å²) in [6, 6.07) is 0.822. The van der Waals surface area contributed by atoms with Crippen molar-refractivity contribution in [1.82, 2.24) is 9.21 Å². The van der Waals surface area contributed by atoms with Crippen LogP contribution in [0.25, 0.3) is 0 Å². The lowest BCUT2D eigenvalue weighted by atomic mass is 10.2. The van der Waals surface area contributed by atoms with Crippen LogP contribution < -0.4 is 0 Å². The van der Waals surface area contributed by atoms with Crippen LogP contribution in [0.1, 0.15) is 36.6 Å². The fourth-order valence-corrected chi connectivity index (χ4v) is 3.01. The third-order valence-electron chi connectivity index (χ3n) is 3.53. The maximum Gasteiger partial charge on any atom is 0.323 e. The molecule has 0 aliphatic heterocycles. The van der Waals surface area contributed by atoms with E-state index in [0.717, 1.165) is 15.3 Å². The molecule has 1 rings (SSSR count). The molecule has 1 unspecified atom stereocenters. The molecule has 23 heavy (non-hydrogen) atoms. The third kappa shape index (κ3) is 4.11. The van der Waals surface area contributed by atoms with Crippen LogP contribution in [0.3, 0.4) is 0 Å². The Morgan fingerprint density at radius 2 is 1.91 bits per heavy atom. The first kappa shape index (κ1) is 19.2. The minimum Gasteiger partial charge on any atom is -0.480 e. The second kappa shape index (κ2) is 7.14. The molecule has 1 aromatic heterocycles. The number of sulfonamides is 1. The number of nitrogens with zero attached hydrogens (tertiary/aromatic N) is 2. The average molecular weight is 346 g/mol. The predicted octanol–water partition coefficient (Wildman–Crippen LogP) is 1.16. The average Bonchev–Trinajstić information content (AvgIpc) is 2.85. The number of hydrogen-bond acceptors (Lipinski definition) is 5. The number of carbonyl (C=O) groups is 2. The highest BCUT2D eigenvalue weighted by Crippen LogP contribution is 2.24. The summed E-state index contributed by atoms with van der Waals surface area (Å²) >= 11 is 0. The number of carbonyl (C=O) groups excluding carboxylic acids is 1. The van der Waals surface area contributed by atoms with E-state index in [-0.39, 0.29) is 22.5 Å². The van der Waals surface area contributed by atoms with Gasteiger partial charge < -0.3 is 14.4 Å². The van der Waals surface area contributed by atoms with E-state index in [1.807, 2.05) is 6.92 Å². The molecule has 0 spiro atoms. The summed E-state index contributed by atoms with van der Waals surface area (Å²) in [6.45, 7) is 4.50. The quantitative estimate of drug-likeness (QED) is 0.794. The SMILES string of the molecule is CCC(C)N(CC(=O)O)C(=O)c1cc(S(=O)(=O)N(C)C)c(C)o1. The van der Waals surface area contributed by atoms with Gasteiger partial charge in [-0.15, -0.1) is 0 Å². The van der Waals surface area contributed by atoms with Gasteiger partial charge in [-0.3, -0.25) is 9.59 Å². The molecule has 8 nitrogen and oxygen atoms in total. The molecule has 0 fully saturated rings. The van der Waals surface area contributed by atoms with Crippen molar-refractivity contribution in [3.63, 3.8) is 0 Å². The van der Waals surface area contributed by atoms with Gasteiger partial charge in [0.25, 0.3) is 5.91 Å². The number of aryl methyl sites for hydroxylation is 1. The smallest absolute Gasteiger partial charge is 0.323 e. The highest BCUT2D eigenvalue weighted by molar-refractivity contribution is 7.89. The van der Waals surface area contributed by atoms with E-state index in [4.69, 9.17) is 9.52 Å². The molecule has 1 N–H and O–H groups in total. The van der Waals surface area contributed by atoms with Crippen LogP contribution in [-0.4, -0.2) is 61.3 Å². The second-order valence-corrected chi connectivity index (χ2v) is 7.52. The minimum atomic E-state index is -3.74. The first-order valence-corrected chi connectivity index (χ1v) is 8.52. The maximum absolute atomic E-state index is 12.5. The molecule has 130 valence electrons. The van der Waals surface area contributed by atoms with Gasteiger partial charge in [-0.2, -0.15) is 0 Å². The van der Waals surface area contributed by atoms with E-state index in [1.54, 1.807) is 6.92 Å². The molecule has 1 atom stereocenters. The van der Waals surface area contributed by atoms with Gasteiger partial charge in [0.15, 0.2) is 5.76 Å². The number of carboxylic acids is 1. The van der Waals surface area contributed by atoms with E-state index in [9.17, 15) is 18.0 Å². The van der Waals surface area contributed by atoms with E-state index in [1.165, 1.54) is 21.0 Å². The number of aliphatic carboxylic acids is 1. The minimum absolute atomic E-state index is 0.0847. The van der Waals surface area contributed by atoms with Gasteiger partial charge in [-0.25, -0.2) is 12.7 Å². The van der Waals surface area contributed by atoms with Gasteiger partial charge in [0.2, 0.25) is 10.0 Å². The van der Waals surface area contributed by atoms with Gasteiger partial charge in [-0.1, -0.05) is 6.92 Å². The number of carboxylic acid groups (broad SMARTS) is 1. The molecule has 1 heterocycles. The fourth-order valence-electron chi connectivity index (χ4n) is 1.96. The maximum atomic E-state index is 12.5. The topological polar surface area (TPSA) is 108 Å². The van der Waals surface area contributed by atoms with Crippen LogP contribution in [0.2, 0.25) is 0 Å². The van der Waals surface area contributed by atoms with Crippen LogP contribution in [0.15, 0.2) is 15.4 Å². The Morgan fingerprint density at radius 1 is 1.35 bits per heavy atom. The van der Waals surface area contributed by atoms with Gasteiger partial charge in [0, 0.05) is 26.2 Å². The van der Waals surface area contributed by atoms with Gasteiger partial charge >= 0.3 is 5.97 Å². The lowest BCUT2D eigenvalue weighted by Crippen LogP contribution is -2.41. The lowest BCUT2D eigenvalue weighted by Gasteiger charge is -2.25. The van der Waals surface area contributed by atoms with Crippen molar-refractivity contribution in [2.75, 3.05) is 20.6 Å². The zero-order chi connectivity index (χ0) is 17.9. The first-order chi connectivity index (χ1) is 10.5. The Kier molecular flexibility index (Phi) is 5.95. The highest BCUT2D eigenvalue weighted by Gasteiger charge is 2.30. The summed E-state index contributed by atoms with van der Waals surface area (Å²) in [6.07, 6.45) is 0.557. The van der Waals surface area contributed by atoms with Crippen LogP contribution in [0.4, 0.5) is 0 Å². The molecular weight excluding hydrogens is 324 g/mol. The summed E-state index contributed by atoms with van der Waals surface area (Å²) in [5.74, 6) is -1.90. The third-order valence-corrected chi connectivity index (χ3v) is 5.45. The number of furan rings is 1. The van der Waals surface area contributed by atoms with E-state index < -0.39 is 28.4 Å². The lowest BCUT2D eigenvalue weighted by molar-refractivity contribution is -0.138. The predicted molar refractivity (Wildman–Crippen MR) is 82.7 cm³/mol. The van der Waals surface area contributed by atoms with Crippen LogP contribution in [-0.2, 0) is 14.8 Å². The zero-order valence-corrected chi connectivity index (χ0v) is 14.7. The molecular formula is C14H22N2O6S. The standard InChI is InChI=1S/C14H22N2O6S/c1-6-9(2)16(8-13(17)18)14(19)11-7-12(10(3)22-11)23(20,21)15(4)5/h7,9H,6,8H2,1-5H3,(H,17,18). The molecule has 1 aromatic rings. The molecule has 0 saturated carbocycles. The molecule has 0 saturated heterocycles. The summed E-state index contributed by atoms with van der Waals surface area (Å²) < 4.78 is 30.6. The number of rotatable bonds is 7. The molecule has 0 aromatic carbocycles. The molecule has 0 radical (unpaired) electrons. The van der Waals surface area contributed by atoms with Crippen molar-refractivity contribution in [2.24, 2.45) is 0 Å². The van der Waals surface area contributed by atoms with Crippen LogP contribution in [0.5, 0.6) is 0 Å². The molecule has 9 heteroatoms. The summed E-state index contributed by atoms with van der Waals surface area (Å²) in [7, 11) is -0.994. The van der Waals surface area contributed by atoms with Gasteiger partial charge in [0.05, 0.1) is 0 Å². The van der Waals surface area contributed by atoms with Gasteiger partial charge in [0.1, 0.15) is 17.2 Å². The monoisotopic (exact) mass is 346 g/mol. The van der Waals surface area contributed by atoms with Crippen LogP contribution >= 0.6 is 0 Å². The van der Waals surface area contributed by atoms with Crippen molar-refractivity contribution in [1.29, 1.82) is 0 Å². The fraction of sp³-hybridized carbons (Fsp3) is 0.571. The van der Waals surface area contributed by atoms with Gasteiger partial charge in [-0.05, 0) is 20.3 Å². The molecule has 1 amide bonds. The van der Waals surface area contributed by atoms with E-state index in [0.29, 0.717) is 6.42 Å². The Balaban J connectivity index is 3.25. The Bertz CT molecular complexity index is 692. The number of amides is 1. The van der Waals surface area contributed by atoms with Crippen molar-refractivity contribution in [3.05, 3.63) is 17.6 Å². The Morgan fingerprint density at radius 3 is 2.35 bits per heavy atom. The molecule has 0 aliphatic carbocycles. The highest BCUT2D eigenvalue weighted by atomic mass is 32.2. The Labute approximate surface area is 135 Å². The normalized spacial score (nSPS) is 13.1. The van der Waals surface area contributed by atoms with Crippen molar-refractivity contribution >= 4 is 21.9 Å².